The monoisotopic (exact) mass is 288 g/mol. The summed E-state index contributed by atoms with van der Waals surface area (Å²) in [6, 6.07) is 5.76. The van der Waals surface area contributed by atoms with Crippen molar-refractivity contribution in [3.63, 3.8) is 0 Å². The molecule has 0 amide bonds. The van der Waals surface area contributed by atoms with E-state index in [2.05, 4.69) is 5.32 Å². The molecule has 0 saturated carbocycles. The number of benzene rings is 1. The number of nitrogens with zero attached hydrogens (tertiary/aromatic N) is 1. The first-order chi connectivity index (χ1) is 9.45. The number of halogens is 2. The van der Waals surface area contributed by atoms with E-state index >= 15 is 0 Å². The second-order valence-corrected chi connectivity index (χ2v) is 4.50. The van der Waals surface area contributed by atoms with Gasteiger partial charge in [0.1, 0.15) is 6.10 Å². The highest BCUT2D eigenvalue weighted by molar-refractivity contribution is 5.35. The van der Waals surface area contributed by atoms with Crippen LogP contribution in [0.2, 0.25) is 0 Å². The van der Waals surface area contributed by atoms with Crippen LogP contribution in [0.3, 0.4) is 0 Å². The van der Waals surface area contributed by atoms with Crippen LogP contribution in [0.1, 0.15) is 31.4 Å². The maximum Gasteiger partial charge on any atom is 0.269 e. The molecule has 112 valence electrons. The molecule has 2 atom stereocenters. The number of nitrogens with one attached hydrogen (secondary N) is 1. The lowest BCUT2D eigenvalue weighted by Crippen LogP contribution is -2.34. The first-order valence-electron chi connectivity index (χ1n) is 6.39. The van der Waals surface area contributed by atoms with Gasteiger partial charge in [-0.15, -0.1) is 0 Å². The SMILES string of the molecule is CCCC(NCC(O)C(F)F)c1cccc([N+](=O)[O-])c1. The summed E-state index contributed by atoms with van der Waals surface area (Å²) in [5.41, 5.74) is 0.613. The Balaban J connectivity index is 2.79. The van der Waals surface area contributed by atoms with Gasteiger partial charge < -0.3 is 10.4 Å². The van der Waals surface area contributed by atoms with Gasteiger partial charge in [0, 0.05) is 24.7 Å². The lowest BCUT2D eigenvalue weighted by Gasteiger charge is -2.20. The lowest BCUT2D eigenvalue weighted by atomic mass is 10.0. The van der Waals surface area contributed by atoms with Crippen LogP contribution in [-0.4, -0.2) is 29.1 Å². The maximum absolute atomic E-state index is 12.3. The fraction of sp³-hybridized carbons (Fsp3) is 0.538. The van der Waals surface area contributed by atoms with E-state index in [1.807, 2.05) is 6.92 Å². The molecule has 0 aliphatic rings. The van der Waals surface area contributed by atoms with Gasteiger partial charge in [-0.1, -0.05) is 25.5 Å². The number of aliphatic hydroxyl groups excluding tert-OH is 1. The molecule has 0 aliphatic carbocycles. The molecular formula is C13H18F2N2O3. The van der Waals surface area contributed by atoms with E-state index in [0.29, 0.717) is 12.0 Å². The van der Waals surface area contributed by atoms with Crippen molar-refractivity contribution in [2.45, 2.75) is 38.3 Å². The summed E-state index contributed by atoms with van der Waals surface area (Å²) < 4.78 is 24.5. The molecule has 7 heteroatoms. The van der Waals surface area contributed by atoms with Gasteiger partial charge in [0.15, 0.2) is 0 Å². The smallest absolute Gasteiger partial charge is 0.269 e. The van der Waals surface area contributed by atoms with Crippen molar-refractivity contribution in [2.75, 3.05) is 6.54 Å². The van der Waals surface area contributed by atoms with Crippen LogP contribution in [0.25, 0.3) is 0 Å². The van der Waals surface area contributed by atoms with Crippen molar-refractivity contribution in [3.8, 4) is 0 Å². The standard InChI is InChI=1S/C13H18F2N2O3/c1-2-4-11(16-8-12(18)13(14)15)9-5-3-6-10(7-9)17(19)20/h3,5-7,11-13,16,18H,2,4,8H2,1H3. The lowest BCUT2D eigenvalue weighted by molar-refractivity contribution is -0.384. The number of alkyl halides is 2. The molecule has 0 saturated heterocycles. The highest BCUT2D eigenvalue weighted by Crippen LogP contribution is 2.23. The molecule has 2 unspecified atom stereocenters. The zero-order valence-corrected chi connectivity index (χ0v) is 11.1. The Labute approximate surface area is 115 Å². The molecule has 1 aromatic rings. The third-order valence-corrected chi connectivity index (χ3v) is 2.92. The fourth-order valence-electron chi connectivity index (χ4n) is 1.88. The molecule has 0 heterocycles. The third kappa shape index (κ3) is 4.82. The van der Waals surface area contributed by atoms with E-state index in [4.69, 9.17) is 5.11 Å². The van der Waals surface area contributed by atoms with E-state index in [0.717, 1.165) is 6.42 Å². The summed E-state index contributed by atoms with van der Waals surface area (Å²) in [6.45, 7) is 1.67. The first kappa shape index (κ1) is 16.5. The minimum Gasteiger partial charge on any atom is -0.386 e. The predicted molar refractivity (Wildman–Crippen MR) is 70.8 cm³/mol. The molecule has 2 N–H and O–H groups in total. The number of hydrogen-bond acceptors (Lipinski definition) is 4. The molecule has 1 rings (SSSR count). The Bertz CT molecular complexity index is 443. The highest BCUT2D eigenvalue weighted by Gasteiger charge is 2.20. The van der Waals surface area contributed by atoms with Gasteiger partial charge in [0.25, 0.3) is 12.1 Å². The molecule has 0 radical (unpaired) electrons. The summed E-state index contributed by atoms with van der Waals surface area (Å²) in [4.78, 5) is 10.2. The third-order valence-electron chi connectivity index (χ3n) is 2.92. The van der Waals surface area contributed by atoms with Crippen LogP contribution >= 0.6 is 0 Å². The number of rotatable bonds is 8. The number of nitro groups is 1. The van der Waals surface area contributed by atoms with Crippen LogP contribution < -0.4 is 5.32 Å². The van der Waals surface area contributed by atoms with E-state index in [-0.39, 0.29) is 18.3 Å². The van der Waals surface area contributed by atoms with E-state index in [1.165, 1.54) is 12.1 Å². The molecule has 0 aliphatic heterocycles. The van der Waals surface area contributed by atoms with Crippen molar-refractivity contribution in [1.29, 1.82) is 0 Å². The number of hydrogen-bond donors (Lipinski definition) is 2. The first-order valence-corrected chi connectivity index (χ1v) is 6.39. The van der Waals surface area contributed by atoms with E-state index in [1.54, 1.807) is 12.1 Å². The van der Waals surface area contributed by atoms with Crippen molar-refractivity contribution in [1.82, 2.24) is 5.32 Å². The normalized spacial score (nSPS) is 14.2. The quantitative estimate of drug-likeness (QED) is 0.569. The van der Waals surface area contributed by atoms with Gasteiger partial charge >= 0.3 is 0 Å². The zero-order chi connectivity index (χ0) is 15.1. The average molecular weight is 288 g/mol. The highest BCUT2D eigenvalue weighted by atomic mass is 19.3. The van der Waals surface area contributed by atoms with Crippen LogP contribution in [0.4, 0.5) is 14.5 Å². The average Bonchev–Trinajstić information content (AvgIpc) is 2.43. The Kier molecular flexibility index (Phi) is 6.47. The zero-order valence-electron chi connectivity index (χ0n) is 11.1. The van der Waals surface area contributed by atoms with Crippen molar-refractivity contribution < 1.29 is 18.8 Å². The summed E-state index contributed by atoms with van der Waals surface area (Å²) in [7, 11) is 0. The summed E-state index contributed by atoms with van der Waals surface area (Å²) in [5.74, 6) is 0. The predicted octanol–water partition coefficient (Wildman–Crippen LogP) is 2.65. The summed E-state index contributed by atoms with van der Waals surface area (Å²) in [5, 5.41) is 22.7. The van der Waals surface area contributed by atoms with Gasteiger partial charge in [0.05, 0.1) is 4.92 Å². The van der Waals surface area contributed by atoms with Crippen LogP contribution in [0.15, 0.2) is 24.3 Å². The van der Waals surface area contributed by atoms with E-state index < -0.39 is 17.5 Å². The molecule has 0 fully saturated rings. The van der Waals surface area contributed by atoms with Crippen LogP contribution in [-0.2, 0) is 0 Å². The summed E-state index contributed by atoms with van der Waals surface area (Å²) in [6.07, 6.45) is -3.13. The second-order valence-electron chi connectivity index (χ2n) is 4.50. The molecule has 1 aromatic carbocycles. The minimum atomic E-state index is -2.81. The van der Waals surface area contributed by atoms with Gasteiger partial charge in [-0.25, -0.2) is 8.78 Å². The van der Waals surface area contributed by atoms with E-state index in [9.17, 15) is 18.9 Å². The Hall–Kier alpha value is -1.60. The largest absolute Gasteiger partial charge is 0.386 e. The number of aliphatic hydroxyl groups is 1. The topological polar surface area (TPSA) is 75.4 Å². The second kappa shape index (κ2) is 7.86. The van der Waals surface area contributed by atoms with Crippen molar-refractivity contribution in [2.24, 2.45) is 0 Å². The number of nitro benzene ring substituents is 1. The molecule has 0 bridgehead atoms. The number of non-ortho nitro benzene ring substituents is 1. The minimum absolute atomic E-state index is 0.0418. The fourth-order valence-corrected chi connectivity index (χ4v) is 1.88. The van der Waals surface area contributed by atoms with Gasteiger partial charge in [-0.2, -0.15) is 0 Å². The molecule has 20 heavy (non-hydrogen) atoms. The van der Waals surface area contributed by atoms with Crippen molar-refractivity contribution >= 4 is 5.69 Å². The van der Waals surface area contributed by atoms with Crippen LogP contribution in [0.5, 0.6) is 0 Å². The summed E-state index contributed by atoms with van der Waals surface area (Å²) >= 11 is 0. The van der Waals surface area contributed by atoms with Crippen molar-refractivity contribution in [3.05, 3.63) is 39.9 Å². The Morgan fingerprint density at radius 2 is 2.15 bits per heavy atom. The molecule has 5 nitrogen and oxygen atoms in total. The van der Waals surface area contributed by atoms with Gasteiger partial charge in [-0.05, 0) is 12.0 Å². The molecule has 0 spiro atoms. The Morgan fingerprint density at radius 3 is 2.70 bits per heavy atom. The van der Waals surface area contributed by atoms with Gasteiger partial charge in [0.2, 0.25) is 0 Å². The maximum atomic E-state index is 12.3. The van der Waals surface area contributed by atoms with Gasteiger partial charge in [-0.3, -0.25) is 10.1 Å². The van der Waals surface area contributed by atoms with Crippen LogP contribution in [0, 0.1) is 10.1 Å². The Morgan fingerprint density at radius 1 is 1.45 bits per heavy atom. The molecular weight excluding hydrogens is 270 g/mol. The molecule has 0 aromatic heterocycles.